The fourth-order valence-corrected chi connectivity index (χ4v) is 5.06. The first-order chi connectivity index (χ1) is 17.8. The molecule has 1 aromatic carbocycles. The number of likely N-dealkylation sites (tertiary alicyclic amines) is 1. The van der Waals surface area contributed by atoms with Crippen molar-refractivity contribution in [3.8, 4) is 0 Å². The molecule has 37 heavy (non-hydrogen) atoms. The highest BCUT2D eigenvalue weighted by Gasteiger charge is 2.40. The lowest BCUT2D eigenvalue weighted by Crippen LogP contribution is -2.45. The number of ether oxygens (including phenoxy) is 1. The fourth-order valence-electron chi connectivity index (χ4n) is 5.06. The minimum Gasteiger partial charge on any atom is -0.373 e. The van der Waals surface area contributed by atoms with Crippen molar-refractivity contribution in [3.63, 3.8) is 0 Å². The molecule has 3 aromatic heterocycles. The largest absolute Gasteiger partial charge is 0.373 e. The maximum atomic E-state index is 14.8. The predicted molar refractivity (Wildman–Crippen MR) is 130 cm³/mol. The molecule has 194 valence electrons. The van der Waals surface area contributed by atoms with Crippen LogP contribution in [0.4, 0.5) is 19.0 Å². The molecular weight excluding hydrogens is 487 g/mol. The van der Waals surface area contributed by atoms with Crippen molar-refractivity contribution >= 4 is 28.4 Å². The van der Waals surface area contributed by atoms with Crippen molar-refractivity contribution in [1.82, 2.24) is 29.5 Å². The number of hydrogen-bond donors (Lipinski definition) is 1. The number of alkyl halides is 2. The van der Waals surface area contributed by atoms with Crippen LogP contribution in [0.2, 0.25) is 0 Å². The lowest BCUT2D eigenvalue weighted by Gasteiger charge is -2.41. The number of carbonyl (C=O) groups excluding carboxylic acids is 1. The molecule has 1 fully saturated rings. The molecule has 0 bridgehead atoms. The highest BCUT2D eigenvalue weighted by Crippen LogP contribution is 2.40. The molecule has 1 saturated heterocycles. The second kappa shape index (κ2) is 9.58. The van der Waals surface area contributed by atoms with Gasteiger partial charge in [0.25, 0.3) is 6.43 Å². The Balaban J connectivity index is 1.60. The molecule has 1 aliphatic rings. The number of hydrogen-bond acceptors (Lipinski definition) is 7. The van der Waals surface area contributed by atoms with E-state index in [1.54, 1.807) is 36.6 Å². The van der Waals surface area contributed by atoms with E-state index < -0.39 is 29.4 Å². The Kier molecular flexibility index (Phi) is 6.44. The van der Waals surface area contributed by atoms with E-state index >= 15 is 0 Å². The number of halogens is 3. The Morgan fingerprint density at radius 3 is 2.57 bits per heavy atom. The summed E-state index contributed by atoms with van der Waals surface area (Å²) >= 11 is 0. The van der Waals surface area contributed by atoms with Crippen molar-refractivity contribution in [2.45, 2.75) is 44.8 Å². The summed E-state index contributed by atoms with van der Waals surface area (Å²) in [6.07, 6.45) is 1.09. The Morgan fingerprint density at radius 1 is 1.16 bits per heavy atom. The van der Waals surface area contributed by atoms with E-state index in [4.69, 9.17) is 4.74 Å². The number of aromatic nitrogens is 5. The van der Waals surface area contributed by atoms with Crippen molar-refractivity contribution in [1.29, 1.82) is 0 Å². The Bertz CT molecular complexity index is 1470. The molecule has 9 nitrogen and oxygen atoms in total. The zero-order valence-corrected chi connectivity index (χ0v) is 20.6. The molecule has 1 amide bonds. The molecule has 0 unspecified atom stereocenters. The van der Waals surface area contributed by atoms with Gasteiger partial charge in [-0.3, -0.25) is 9.20 Å². The van der Waals surface area contributed by atoms with Crippen LogP contribution in [0, 0.1) is 5.82 Å². The molecule has 4 aromatic rings. The molecular formula is C25H26F3N7O2. The standard InChI is InChI=1S/C25H26F3N7O2/c1-14(16-5-4-6-17(20(16)26)21(27)28)32-22-18-11-19(24-33-31-13-35(24)23(18)30-12-29-22)25(37-3)7-9-34(10-8-25)15(2)36/h4-6,11-14,21H,7-10H2,1-3H3,(H,29,30,32)/t14-/m1/s1. The number of amides is 1. The van der Waals surface area contributed by atoms with Crippen LogP contribution in [0.25, 0.3) is 16.7 Å². The normalized spacial score (nSPS) is 16.5. The van der Waals surface area contributed by atoms with Crippen LogP contribution in [0.5, 0.6) is 0 Å². The molecule has 1 N–H and O–H groups in total. The van der Waals surface area contributed by atoms with Gasteiger partial charge in [-0.2, -0.15) is 0 Å². The van der Waals surface area contributed by atoms with Gasteiger partial charge in [0.05, 0.1) is 22.6 Å². The van der Waals surface area contributed by atoms with E-state index in [-0.39, 0.29) is 11.5 Å². The molecule has 0 saturated carbocycles. The quantitative estimate of drug-likeness (QED) is 0.408. The summed E-state index contributed by atoms with van der Waals surface area (Å²) in [6.45, 7) is 4.26. The number of methoxy groups -OCH3 is 1. The van der Waals surface area contributed by atoms with Crippen LogP contribution in [-0.2, 0) is 15.1 Å². The molecule has 1 aliphatic heterocycles. The average Bonchev–Trinajstić information content (AvgIpc) is 3.38. The lowest BCUT2D eigenvalue weighted by molar-refractivity contribution is -0.134. The van der Waals surface area contributed by atoms with Gasteiger partial charge < -0.3 is 15.0 Å². The van der Waals surface area contributed by atoms with Crippen molar-refractivity contribution in [3.05, 3.63) is 59.4 Å². The minimum atomic E-state index is -2.92. The molecule has 4 heterocycles. The van der Waals surface area contributed by atoms with Crippen LogP contribution in [0.1, 0.15) is 55.8 Å². The zero-order valence-electron chi connectivity index (χ0n) is 20.6. The number of fused-ring (bicyclic) bond motifs is 3. The lowest BCUT2D eigenvalue weighted by atomic mass is 9.84. The van der Waals surface area contributed by atoms with Gasteiger partial charge in [0.1, 0.15) is 24.3 Å². The number of nitrogens with one attached hydrogen (secondary N) is 1. The van der Waals surface area contributed by atoms with Gasteiger partial charge in [-0.25, -0.2) is 23.1 Å². The van der Waals surface area contributed by atoms with Crippen molar-refractivity contribution < 1.29 is 22.7 Å². The van der Waals surface area contributed by atoms with E-state index in [0.29, 0.717) is 48.4 Å². The molecule has 0 radical (unpaired) electrons. The van der Waals surface area contributed by atoms with E-state index in [1.807, 2.05) is 6.07 Å². The second-order valence-electron chi connectivity index (χ2n) is 9.16. The van der Waals surface area contributed by atoms with Crippen LogP contribution >= 0.6 is 0 Å². The summed E-state index contributed by atoms with van der Waals surface area (Å²) in [5.41, 5.74) is 0.567. The van der Waals surface area contributed by atoms with E-state index in [2.05, 4.69) is 25.5 Å². The van der Waals surface area contributed by atoms with E-state index in [1.165, 1.54) is 18.5 Å². The topological polar surface area (TPSA) is 97.5 Å². The Morgan fingerprint density at radius 2 is 1.89 bits per heavy atom. The number of nitrogens with zero attached hydrogens (tertiary/aromatic N) is 6. The van der Waals surface area contributed by atoms with Crippen LogP contribution in [0.15, 0.2) is 36.9 Å². The van der Waals surface area contributed by atoms with Gasteiger partial charge in [0.2, 0.25) is 5.91 Å². The SMILES string of the molecule is COC1(c2cc3c(N[C@H](C)c4cccc(C(F)F)c4F)ncnc3n3cnnc23)CCN(C(C)=O)CC1. The number of piperidine rings is 1. The highest BCUT2D eigenvalue weighted by molar-refractivity contribution is 5.90. The van der Waals surface area contributed by atoms with E-state index in [0.717, 1.165) is 11.6 Å². The zero-order chi connectivity index (χ0) is 26.3. The third-order valence-corrected chi connectivity index (χ3v) is 7.18. The first-order valence-electron chi connectivity index (χ1n) is 11.9. The second-order valence-corrected chi connectivity index (χ2v) is 9.16. The van der Waals surface area contributed by atoms with Gasteiger partial charge in [-0.05, 0) is 25.8 Å². The molecule has 12 heteroatoms. The Labute approximate surface area is 210 Å². The van der Waals surface area contributed by atoms with E-state index in [9.17, 15) is 18.0 Å². The number of pyridine rings is 1. The smallest absolute Gasteiger partial charge is 0.266 e. The number of rotatable bonds is 6. The number of anilines is 1. The molecule has 0 spiro atoms. The summed E-state index contributed by atoms with van der Waals surface area (Å²) in [6, 6.07) is 5.16. The molecule has 0 aliphatic carbocycles. The first kappa shape index (κ1) is 24.9. The van der Waals surface area contributed by atoms with Gasteiger partial charge in [-0.15, -0.1) is 10.2 Å². The van der Waals surface area contributed by atoms with Crippen LogP contribution in [-0.4, -0.2) is 55.6 Å². The summed E-state index contributed by atoms with van der Waals surface area (Å²) in [4.78, 5) is 22.5. The van der Waals surface area contributed by atoms with Crippen LogP contribution < -0.4 is 5.32 Å². The summed E-state index contributed by atoms with van der Waals surface area (Å²) in [5.74, 6) is -0.551. The van der Waals surface area contributed by atoms with Gasteiger partial charge in [0.15, 0.2) is 11.3 Å². The van der Waals surface area contributed by atoms with Gasteiger partial charge >= 0.3 is 0 Å². The number of carbonyl (C=O) groups is 1. The van der Waals surface area contributed by atoms with Gasteiger partial charge in [-0.1, -0.05) is 18.2 Å². The highest BCUT2D eigenvalue weighted by atomic mass is 19.3. The van der Waals surface area contributed by atoms with Crippen molar-refractivity contribution in [2.24, 2.45) is 0 Å². The molecule has 5 rings (SSSR count). The number of benzene rings is 1. The first-order valence-corrected chi connectivity index (χ1v) is 11.9. The molecule has 1 atom stereocenters. The summed E-state index contributed by atoms with van der Waals surface area (Å²) in [5, 5.41) is 12.2. The maximum absolute atomic E-state index is 14.8. The average molecular weight is 514 g/mol. The predicted octanol–water partition coefficient (Wildman–Crippen LogP) is 4.41. The maximum Gasteiger partial charge on any atom is 0.266 e. The van der Waals surface area contributed by atoms with Gasteiger partial charge in [0, 0.05) is 38.2 Å². The third-order valence-electron chi connectivity index (χ3n) is 7.18. The minimum absolute atomic E-state index is 0.00727. The Hall–Kier alpha value is -3.80. The van der Waals surface area contributed by atoms with Crippen LogP contribution in [0.3, 0.4) is 0 Å². The summed E-state index contributed by atoms with van der Waals surface area (Å²) in [7, 11) is 1.63. The van der Waals surface area contributed by atoms with Crippen molar-refractivity contribution in [2.75, 3.05) is 25.5 Å². The summed E-state index contributed by atoms with van der Waals surface area (Å²) < 4.78 is 49.1. The third kappa shape index (κ3) is 4.24. The monoisotopic (exact) mass is 513 g/mol. The fraction of sp³-hybridized carbons (Fsp3) is 0.400.